The van der Waals surface area contributed by atoms with E-state index in [2.05, 4.69) is 4.74 Å². The molecule has 0 bridgehead atoms. The van der Waals surface area contributed by atoms with E-state index in [1.54, 1.807) is 43.4 Å². The van der Waals surface area contributed by atoms with Gasteiger partial charge in [0, 0.05) is 18.3 Å². The van der Waals surface area contributed by atoms with Crippen LogP contribution in [0.25, 0.3) is 0 Å². The number of hydrogen-bond donors (Lipinski definition) is 0. The molecule has 154 valence electrons. The maximum atomic E-state index is 12.6. The second-order valence-corrected chi connectivity index (χ2v) is 6.52. The van der Waals surface area contributed by atoms with Gasteiger partial charge >= 0.3 is 12.6 Å². The van der Waals surface area contributed by atoms with Crippen LogP contribution in [-0.2, 0) is 0 Å². The van der Waals surface area contributed by atoms with Gasteiger partial charge in [-0.2, -0.15) is 8.78 Å². The third-order valence-electron chi connectivity index (χ3n) is 4.33. The maximum absolute atomic E-state index is 12.6. The predicted octanol–water partition coefficient (Wildman–Crippen LogP) is 5.09. The Morgan fingerprint density at radius 3 is 2.17 bits per heavy atom. The van der Waals surface area contributed by atoms with E-state index in [1.165, 1.54) is 29.2 Å². The molecule has 3 aromatic rings. The highest BCUT2D eigenvalue weighted by Gasteiger charge is 2.15. The highest BCUT2D eigenvalue weighted by molar-refractivity contribution is 6.05. The van der Waals surface area contributed by atoms with Crippen molar-refractivity contribution in [3.05, 3.63) is 89.5 Å². The number of carbonyl (C=O) groups excluding carboxylic acids is 2. The van der Waals surface area contributed by atoms with E-state index in [0.717, 1.165) is 5.56 Å². The Labute approximate surface area is 172 Å². The van der Waals surface area contributed by atoms with Gasteiger partial charge in [0.25, 0.3) is 5.91 Å². The first kappa shape index (κ1) is 21.0. The van der Waals surface area contributed by atoms with Gasteiger partial charge in [-0.05, 0) is 61.5 Å². The molecular weight excluding hydrogens is 392 g/mol. The number of esters is 1. The Balaban J connectivity index is 1.67. The minimum absolute atomic E-state index is 0.0730. The average molecular weight is 411 g/mol. The molecule has 0 heterocycles. The van der Waals surface area contributed by atoms with Crippen molar-refractivity contribution >= 4 is 17.6 Å². The number of nitrogens with zero attached hydrogens (tertiary/aromatic N) is 1. The summed E-state index contributed by atoms with van der Waals surface area (Å²) in [5.41, 5.74) is 2.31. The number of benzene rings is 3. The number of rotatable bonds is 6. The van der Waals surface area contributed by atoms with Gasteiger partial charge in [0.2, 0.25) is 0 Å². The topological polar surface area (TPSA) is 55.8 Å². The highest BCUT2D eigenvalue weighted by Crippen LogP contribution is 2.22. The molecule has 1 amide bonds. The third kappa shape index (κ3) is 5.20. The molecule has 0 aliphatic rings. The summed E-state index contributed by atoms with van der Waals surface area (Å²) in [6, 6.07) is 19.0. The van der Waals surface area contributed by atoms with Crippen molar-refractivity contribution < 1.29 is 27.8 Å². The molecule has 0 spiro atoms. The smallest absolute Gasteiger partial charge is 0.387 e. The van der Waals surface area contributed by atoms with Crippen LogP contribution >= 0.6 is 0 Å². The van der Waals surface area contributed by atoms with E-state index in [-0.39, 0.29) is 23.0 Å². The molecule has 0 N–H and O–H groups in total. The lowest BCUT2D eigenvalue weighted by Gasteiger charge is -2.18. The Morgan fingerprint density at radius 1 is 0.867 bits per heavy atom. The van der Waals surface area contributed by atoms with Crippen LogP contribution in [0.4, 0.5) is 14.5 Å². The van der Waals surface area contributed by atoms with Gasteiger partial charge in [-0.1, -0.05) is 23.8 Å². The van der Waals surface area contributed by atoms with Gasteiger partial charge in [0.05, 0.1) is 5.56 Å². The van der Waals surface area contributed by atoms with Gasteiger partial charge in [-0.15, -0.1) is 0 Å². The minimum atomic E-state index is -2.98. The number of halogens is 2. The Hall–Kier alpha value is -3.74. The summed E-state index contributed by atoms with van der Waals surface area (Å²) in [4.78, 5) is 26.3. The van der Waals surface area contributed by atoms with Crippen LogP contribution in [0, 0.1) is 6.92 Å². The Bertz CT molecular complexity index is 1030. The van der Waals surface area contributed by atoms with E-state index >= 15 is 0 Å². The number of amides is 1. The SMILES string of the molecule is Cc1ccc(C(=O)N(C)c2ccc(OC(=O)c3cccc(OC(F)F)c3)cc2)cc1. The Kier molecular flexibility index (Phi) is 6.41. The van der Waals surface area contributed by atoms with Gasteiger partial charge in [0.15, 0.2) is 0 Å². The fourth-order valence-electron chi connectivity index (χ4n) is 2.71. The molecule has 0 radical (unpaired) electrons. The molecule has 0 saturated heterocycles. The summed E-state index contributed by atoms with van der Waals surface area (Å²) in [5, 5.41) is 0. The molecular formula is C23H19F2NO4. The molecule has 0 aromatic heterocycles. The largest absolute Gasteiger partial charge is 0.435 e. The molecule has 0 aliphatic carbocycles. The van der Waals surface area contributed by atoms with Crippen LogP contribution in [0.5, 0.6) is 11.5 Å². The zero-order valence-electron chi connectivity index (χ0n) is 16.3. The lowest BCUT2D eigenvalue weighted by Crippen LogP contribution is -2.26. The quantitative estimate of drug-likeness (QED) is 0.419. The zero-order valence-corrected chi connectivity index (χ0v) is 16.3. The van der Waals surface area contributed by atoms with Gasteiger partial charge in [0.1, 0.15) is 11.5 Å². The van der Waals surface area contributed by atoms with Gasteiger partial charge in [-0.3, -0.25) is 4.79 Å². The fourth-order valence-corrected chi connectivity index (χ4v) is 2.71. The van der Waals surface area contributed by atoms with Crippen molar-refractivity contribution in [2.75, 3.05) is 11.9 Å². The molecule has 0 unspecified atom stereocenters. The predicted molar refractivity (Wildman–Crippen MR) is 108 cm³/mol. The molecule has 0 fully saturated rings. The second-order valence-electron chi connectivity index (χ2n) is 6.52. The lowest BCUT2D eigenvalue weighted by atomic mass is 10.1. The first-order chi connectivity index (χ1) is 14.3. The number of aryl methyl sites for hydroxylation is 1. The lowest BCUT2D eigenvalue weighted by molar-refractivity contribution is -0.0499. The number of ether oxygens (including phenoxy) is 2. The standard InChI is InChI=1S/C23H19F2NO4/c1-15-6-8-16(9-7-15)21(27)26(2)18-10-12-19(13-11-18)29-22(28)17-4-3-5-20(14-17)30-23(24)25/h3-14,23H,1-2H3. The van der Waals surface area contributed by atoms with Crippen LogP contribution in [-0.4, -0.2) is 25.5 Å². The van der Waals surface area contributed by atoms with Crippen molar-refractivity contribution in [1.82, 2.24) is 0 Å². The van der Waals surface area contributed by atoms with Crippen molar-refractivity contribution in [2.45, 2.75) is 13.5 Å². The molecule has 0 atom stereocenters. The molecule has 5 nitrogen and oxygen atoms in total. The molecule has 0 aliphatic heterocycles. The van der Waals surface area contributed by atoms with Crippen LogP contribution in [0.15, 0.2) is 72.8 Å². The monoisotopic (exact) mass is 411 g/mol. The van der Waals surface area contributed by atoms with Gasteiger partial charge < -0.3 is 14.4 Å². The summed E-state index contributed by atoms with van der Waals surface area (Å²) >= 11 is 0. The summed E-state index contributed by atoms with van der Waals surface area (Å²) in [6.07, 6.45) is 0. The fraction of sp³-hybridized carbons (Fsp3) is 0.130. The van der Waals surface area contributed by atoms with Gasteiger partial charge in [-0.25, -0.2) is 4.79 Å². The van der Waals surface area contributed by atoms with Crippen LogP contribution in [0.3, 0.4) is 0 Å². The second kappa shape index (κ2) is 9.17. The van der Waals surface area contributed by atoms with Crippen molar-refractivity contribution in [3.8, 4) is 11.5 Å². The number of carbonyl (C=O) groups is 2. The van der Waals surface area contributed by atoms with E-state index in [9.17, 15) is 18.4 Å². The van der Waals surface area contributed by atoms with Crippen LogP contribution < -0.4 is 14.4 Å². The highest BCUT2D eigenvalue weighted by atomic mass is 19.3. The number of alkyl halides is 2. The normalized spacial score (nSPS) is 10.6. The molecule has 30 heavy (non-hydrogen) atoms. The zero-order chi connectivity index (χ0) is 21.7. The molecule has 0 saturated carbocycles. The maximum Gasteiger partial charge on any atom is 0.387 e. The molecule has 7 heteroatoms. The first-order valence-electron chi connectivity index (χ1n) is 9.05. The summed E-state index contributed by atoms with van der Waals surface area (Å²) < 4.78 is 34.2. The van der Waals surface area contributed by atoms with Crippen molar-refractivity contribution in [3.63, 3.8) is 0 Å². The number of hydrogen-bond acceptors (Lipinski definition) is 4. The first-order valence-corrected chi connectivity index (χ1v) is 9.05. The summed E-state index contributed by atoms with van der Waals surface area (Å²) in [7, 11) is 1.65. The van der Waals surface area contributed by atoms with Crippen molar-refractivity contribution in [2.24, 2.45) is 0 Å². The van der Waals surface area contributed by atoms with E-state index in [4.69, 9.17) is 4.74 Å². The van der Waals surface area contributed by atoms with Crippen molar-refractivity contribution in [1.29, 1.82) is 0 Å². The van der Waals surface area contributed by atoms with E-state index in [0.29, 0.717) is 11.3 Å². The van der Waals surface area contributed by atoms with E-state index < -0.39 is 12.6 Å². The van der Waals surface area contributed by atoms with E-state index in [1.807, 2.05) is 19.1 Å². The summed E-state index contributed by atoms with van der Waals surface area (Å²) in [6.45, 7) is -1.04. The van der Waals surface area contributed by atoms with Crippen LogP contribution in [0.1, 0.15) is 26.3 Å². The summed E-state index contributed by atoms with van der Waals surface area (Å²) in [5.74, 6) is -0.770. The average Bonchev–Trinajstić information content (AvgIpc) is 2.73. The van der Waals surface area contributed by atoms with Crippen LogP contribution in [0.2, 0.25) is 0 Å². The Morgan fingerprint density at radius 2 is 1.53 bits per heavy atom. The third-order valence-corrected chi connectivity index (χ3v) is 4.33. The molecule has 3 rings (SSSR count). The number of anilines is 1. The minimum Gasteiger partial charge on any atom is -0.435 e. The molecule has 3 aromatic carbocycles.